The largest absolute Gasteiger partial charge is 0.309 e. The van der Waals surface area contributed by atoms with E-state index >= 15 is 0 Å². The summed E-state index contributed by atoms with van der Waals surface area (Å²) in [6.45, 7) is 0. The zero-order chi connectivity index (χ0) is 37.8. The summed E-state index contributed by atoms with van der Waals surface area (Å²) < 4.78 is 4.97. The summed E-state index contributed by atoms with van der Waals surface area (Å²) in [4.78, 5) is 0. The highest BCUT2D eigenvalue weighted by atomic mass is 28.3. The fourth-order valence-electron chi connectivity index (χ4n) is 9.51. The molecule has 0 aliphatic heterocycles. The van der Waals surface area contributed by atoms with E-state index in [4.69, 9.17) is 0 Å². The second-order valence-corrected chi connectivity index (χ2v) is 18.7. The van der Waals surface area contributed by atoms with Crippen molar-refractivity contribution in [2.24, 2.45) is 0 Å². The summed E-state index contributed by atoms with van der Waals surface area (Å²) in [5, 5.41) is 10.5. The minimum atomic E-state index is -2.74. The number of aromatic nitrogens is 2. The van der Waals surface area contributed by atoms with Gasteiger partial charge in [-0.15, -0.1) is 0 Å². The van der Waals surface area contributed by atoms with Gasteiger partial charge in [-0.3, -0.25) is 0 Å². The Hall–Kier alpha value is -7.20. The Morgan fingerprint density at radius 3 is 1.47 bits per heavy atom. The first-order valence-electron chi connectivity index (χ1n) is 19.7. The standard InChI is InChI=1S/C54H38N2Si/c1-6-20-39(21-7-1)45-31-18-32-47-53-51(55(54(45)47)40-22-8-2-9-23-40)34-19-35-52(53)56-49-33-17-16-30-46(49)48-38-44(36-37-50(48)56)57(41-24-10-3-11-25-41,42-26-12-4-13-27-42)43-28-14-5-15-29-43/h1-38H. The van der Waals surface area contributed by atoms with Gasteiger partial charge in [0.05, 0.1) is 27.8 Å². The minimum Gasteiger partial charge on any atom is -0.309 e. The highest BCUT2D eigenvalue weighted by molar-refractivity contribution is 7.20. The molecule has 11 aromatic rings. The Kier molecular flexibility index (Phi) is 7.87. The van der Waals surface area contributed by atoms with Crippen molar-refractivity contribution in [2.75, 3.05) is 0 Å². The summed E-state index contributed by atoms with van der Waals surface area (Å²) in [5.74, 6) is 0. The molecule has 0 amide bonds. The van der Waals surface area contributed by atoms with Crippen molar-refractivity contribution in [1.82, 2.24) is 9.13 Å². The first-order chi connectivity index (χ1) is 28.3. The lowest BCUT2D eigenvalue weighted by atomic mass is 10.0. The maximum atomic E-state index is 2.52. The Bertz CT molecular complexity index is 3110. The van der Waals surface area contributed by atoms with Crippen molar-refractivity contribution < 1.29 is 0 Å². The normalized spacial score (nSPS) is 11.9. The maximum Gasteiger partial charge on any atom is 0.179 e. The van der Waals surface area contributed by atoms with Crippen LogP contribution in [-0.2, 0) is 0 Å². The molecule has 57 heavy (non-hydrogen) atoms. The van der Waals surface area contributed by atoms with E-state index in [0.29, 0.717) is 0 Å². The van der Waals surface area contributed by atoms with E-state index in [2.05, 4.69) is 240 Å². The molecule has 3 heteroatoms. The molecule has 0 aliphatic rings. The summed E-state index contributed by atoms with van der Waals surface area (Å²) in [6.07, 6.45) is 0. The number of nitrogens with zero attached hydrogens (tertiary/aromatic N) is 2. The molecule has 0 bridgehead atoms. The van der Waals surface area contributed by atoms with Crippen LogP contribution in [0.2, 0.25) is 0 Å². The molecular weight excluding hydrogens is 705 g/mol. The Balaban J connectivity index is 1.24. The van der Waals surface area contributed by atoms with Crippen LogP contribution < -0.4 is 20.7 Å². The minimum absolute atomic E-state index is 1.15. The van der Waals surface area contributed by atoms with Crippen LogP contribution in [0, 0.1) is 0 Å². The molecule has 11 rings (SSSR count). The molecule has 2 heterocycles. The molecule has 2 nitrogen and oxygen atoms in total. The van der Waals surface area contributed by atoms with Gasteiger partial charge in [-0.25, -0.2) is 0 Å². The monoisotopic (exact) mass is 742 g/mol. The molecule has 0 spiro atoms. The topological polar surface area (TPSA) is 9.86 Å². The van der Waals surface area contributed by atoms with Gasteiger partial charge in [0.1, 0.15) is 0 Å². The van der Waals surface area contributed by atoms with Crippen LogP contribution in [-0.4, -0.2) is 17.2 Å². The van der Waals surface area contributed by atoms with Crippen molar-refractivity contribution in [1.29, 1.82) is 0 Å². The molecule has 0 saturated carbocycles. The first kappa shape index (κ1) is 33.2. The lowest BCUT2D eigenvalue weighted by Crippen LogP contribution is -2.74. The number of rotatable bonds is 7. The SMILES string of the molecule is c1ccc(-c2cccc3c4c(-n5c6ccccc6c6cc([Si](c7ccccc7)(c7ccccc7)c7ccccc7)ccc65)cccc4n(-c4ccccc4)c23)cc1. The van der Waals surface area contributed by atoms with Crippen molar-refractivity contribution in [3.63, 3.8) is 0 Å². The van der Waals surface area contributed by atoms with E-state index in [9.17, 15) is 0 Å². The van der Waals surface area contributed by atoms with Crippen LogP contribution >= 0.6 is 0 Å². The second kappa shape index (κ2) is 13.5. The number of hydrogen-bond acceptors (Lipinski definition) is 0. The van der Waals surface area contributed by atoms with E-state index < -0.39 is 8.07 Å². The number of hydrogen-bond donors (Lipinski definition) is 0. The molecule has 0 unspecified atom stereocenters. The Morgan fingerprint density at radius 2 is 0.825 bits per heavy atom. The van der Waals surface area contributed by atoms with E-state index in [0.717, 1.165) is 5.69 Å². The van der Waals surface area contributed by atoms with Crippen molar-refractivity contribution in [2.45, 2.75) is 0 Å². The highest BCUT2D eigenvalue weighted by Crippen LogP contribution is 2.42. The quantitative estimate of drug-likeness (QED) is 0.114. The lowest BCUT2D eigenvalue weighted by Gasteiger charge is -2.34. The lowest BCUT2D eigenvalue weighted by molar-refractivity contribution is 1.17. The van der Waals surface area contributed by atoms with Gasteiger partial charge < -0.3 is 9.13 Å². The fourth-order valence-corrected chi connectivity index (χ4v) is 14.3. The van der Waals surface area contributed by atoms with E-state index in [1.165, 1.54) is 81.2 Å². The van der Waals surface area contributed by atoms with Crippen LogP contribution in [0.15, 0.2) is 231 Å². The van der Waals surface area contributed by atoms with E-state index in [1.54, 1.807) is 0 Å². The molecule has 0 aliphatic carbocycles. The van der Waals surface area contributed by atoms with Crippen LogP contribution in [0.4, 0.5) is 0 Å². The summed E-state index contributed by atoms with van der Waals surface area (Å²) in [7, 11) is -2.74. The number of fused-ring (bicyclic) bond motifs is 6. The van der Waals surface area contributed by atoms with Crippen molar-refractivity contribution >= 4 is 72.4 Å². The average molecular weight is 743 g/mol. The summed E-state index contributed by atoms with van der Waals surface area (Å²) >= 11 is 0. The van der Waals surface area contributed by atoms with Crippen LogP contribution in [0.5, 0.6) is 0 Å². The average Bonchev–Trinajstić information content (AvgIpc) is 3.81. The van der Waals surface area contributed by atoms with Gasteiger partial charge in [0.15, 0.2) is 8.07 Å². The summed E-state index contributed by atoms with van der Waals surface area (Å²) in [5.41, 5.74) is 9.54. The Labute approximate surface area is 333 Å². The van der Waals surface area contributed by atoms with E-state index in [-0.39, 0.29) is 0 Å². The summed E-state index contributed by atoms with van der Waals surface area (Å²) in [6, 6.07) is 85.1. The van der Waals surface area contributed by atoms with Crippen molar-refractivity contribution in [3.05, 3.63) is 231 Å². The van der Waals surface area contributed by atoms with Gasteiger partial charge >= 0.3 is 0 Å². The predicted octanol–water partition coefficient (Wildman–Crippen LogP) is 10.9. The van der Waals surface area contributed by atoms with E-state index in [1.807, 2.05) is 0 Å². The maximum absolute atomic E-state index is 2.74. The van der Waals surface area contributed by atoms with Gasteiger partial charge in [-0.2, -0.15) is 0 Å². The highest BCUT2D eigenvalue weighted by Gasteiger charge is 2.41. The molecule has 0 saturated heterocycles. The van der Waals surface area contributed by atoms with Crippen molar-refractivity contribution in [3.8, 4) is 22.5 Å². The van der Waals surface area contributed by atoms with Gasteiger partial charge in [-0.05, 0) is 62.7 Å². The third kappa shape index (κ3) is 5.10. The van der Waals surface area contributed by atoms with Gasteiger partial charge in [0.2, 0.25) is 0 Å². The molecule has 0 N–H and O–H groups in total. The number of para-hydroxylation sites is 3. The molecule has 2 aromatic heterocycles. The second-order valence-electron chi connectivity index (χ2n) is 14.8. The third-order valence-electron chi connectivity index (χ3n) is 11.9. The molecule has 0 fully saturated rings. The van der Waals surface area contributed by atoms with Crippen LogP contribution in [0.25, 0.3) is 66.1 Å². The van der Waals surface area contributed by atoms with Crippen LogP contribution in [0.3, 0.4) is 0 Å². The molecule has 268 valence electrons. The fraction of sp³-hybridized carbons (Fsp3) is 0. The Morgan fingerprint density at radius 1 is 0.316 bits per heavy atom. The molecule has 9 aromatic carbocycles. The van der Waals surface area contributed by atoms with Gasteiger partial charge in [-0.1, -0.05) is 194 Å². The van der Waals surface area contributed by atoms with Gasteiger partial charge in [0.25, 0.3) is 0 Å². The molecule has 0 atom stereocenters. The first-order valence-corrected chi connectivity index (χ1v) is 21.7. The third-order valence-corrected chi connectivity index (χ3v) is 16.6. The molecular formula is C54H38N2Si. The molecule has 0 radical (unpaired) electrons. The zero-order valence-electron chi connectivity index (χ0n) is 31.3. The smallest absolute Gasteiger partial charge is 0.179 e. The predicted molar refractivity (Wildman–Crippen MR) is 244 cm³/mol. The van der Waals surface area contributed by atoms with Crippen LogP contribution in [0.1, 0.15) is 0 Å². The van der Waals surface area contributed by atoms with Gasteiger partial charge in [0, 0.05) is 32.8 Å². The number of benzene rings is 9. The zero-order valence-corrected chi connectivity index (χ0v) is 32.3.